The number of urea groups is 1. The molecule has 3 aromatic carbocycles. The van der Waals surface area contributed by atoms with Crippen molar-refractivity contribution < 1.29 is 32.3 Å². The summed E-state index contributed by atoms with van der Waals surface area (Å²) in [5.74, 6) is -1.07. The van der Waals surface area contributed by atoms with Crippen molar-refractivity contribution in [3.05, 3.63) is 89.1 Å². The van der Waals surface area contributed by atoms with Gasteiger partial charge in [0.15, 0.2) is 0 Å². The molecule has 13 heteroatoms. The lowest BCUT2D eigenvalue weighted by Gasteiger charge is -2.10. The second-order valence-corrected chi connectivity index (χ2v) is 9.63. The molecule has 8 nitrogen and oxygen atoms in total. The van der Waals surface area contributed by atoms with Gasteiger partial charge in [-0.05, 0) is 60.3 Å². The van der Waals surface area contributed by atoms with Crippen molar-refractivity contribution in [1.82, 2.24) is 4.57 Å². The van der Waals surface area contributed by atoms with Gasteiger partial charge in [0.25, 0.3) is 5.91 Å². The molecule has 0 spiro atoms. The Hall–Kier alpha value is -4.00. The zero-order valence-electron chi connectivity index (χ0n) is 19.9. The average Bonchev–Trinajstić information content (AvgIpc) is 3.24. The van der Waals surface area contributed by atoms with Crippen LogP contribution in [0.2, 0.25) is 5.02 Å². The van der Waals surface area contributed by atoms with Gasteiger partial charge in [-0.1, -0.05) is 29.8 Å². The molecule has 4 rings (SSSR count). The van der Waals surface area contributed by atoms with Crippen LogP contribution in [0, 0.1) is 0 Å². The van der Waals surface area contributed by atoms with Crippen LogP contribution in [0.25, 0.3) is 10.9 Å². The molecule has 0 bridgehead atoms. The monoisotopic (exact) mass is 576 g/mol. The number of esters is 1. The number of ether oxygens (including phenoxy) is 1. The first kappa shape index (κ1) is 28.0. The zero-order valence-corrected chi connectivity index (χ0v) is 21.5. The first-order chi connectivity index (χ1) is 18.5. The van der Waals surface area contributed by atoms with E-state index >= 15 is 0 Å². The Labute approximate surface area is 229 Å². The second kappa shape index (κ2) is 11.8. The lowest BCUT2D eigenvalue weighted by molar-refractivity contribution is -0.143. The number of anilines is 2. The van der Waals surface area contributed by atoms with E-state index in [0.717, 1.165) is 0 Å². The van der Waals surface area contributed by atoms with Crippen LogP contribution >= 0.6 is 23.4 Å². The van der Waals surface area contributed by atoms with E-state index in [1.807, 2.05) is 0 Å². The standard InChI is InChI=1S/C26H20ClF3N4O4S/c27-16-5-10-22-20(11-16)21(33-25(37)32-17-6-8-18(9-7-17)39-26(28,29)30)13-34(22)24(36)19-4-2-1-3-15(19)14-38-23(35)12-31/h1-11,13H,12,14,31H2,(H2,32,33,37). The maximum atomic E-state index is 13.6. The fourth-order valence-corrected chi connectivity index (χ4v) is 4.41. The lowest BCUT2D eigenvalue weighted by atomic mass is 10.1. The summed E-state index contributed by atoms with van der Waals surface area (Å²) >= 11 is 5.91. The number of carbonyl (C=O) groups excluding carboxylic acids is 3. The van der Waals surface area contributed by atoms with Gasteiger partial charge in [-0.3, -0.25) is 14.2 Å². The molecule has 0 aliphatic rings. The minimum absolute atomic E-state index is 0.0252. The lowest BCUT2D eigenvalue weighted by Crippen LogP contribution is -2.19. The number of hydrogen-bond acceptors (Lipinski definition) is 6. The topological polar surface area (TPSA) is 115 Å². The van der Waals surface area contributed by atoms with Crippen LogP contribution in [0.4, 0.5) is 29.3 Å². The highest BCUT2D eigenvalue weighted by atomic mass is 35.5. The first-order valence-electron chi connectivity index (χ1n) is 11.3. The number of nitrogens with two attached hydrogens (primary N) is 1. The zero-order chi connectivity index (χ0) is 28.2. The smallest absolute Gasteiger partial charge is 0.446 e. The van der Waals surface area contributed by atoms with Crippen molar-refractivity contribution >= 4 is 63.5 Å². The van der Waals surface area contributed by atoms with Gasteiger partial charge in [0.1, 0.15) is 6.61 Å². The van der Waals surface area contributed by atoms with Crippen molar-refractivity contribution in [2.75, 3.05) is 17.2 Å². The summed E-state index contributed by atoms with van der Waals surface area (Å²) in [5, 5.41) is 6.03. The third-order valence-corrected chi connectivity index (χ3v) is 6.36. The molecule has 0 unspecified atom stereocenters. The van der Waals surface area contributed by atoms with Crippen molar-refractivity contribution in [3.63, 3.8) is 0 Å². The van der Waals surface area contributed by atoms with Gasteiger partial charge in [0.2, 0.25) is 0 Å². The summed E-state index contributed by atoms with van der Waals surface area (Å²) in [7, 11) is 0. The van der Waals surface area contributed by atoms with Gasteiger partial charge < -0.3 is 21.1 Å². The molecule has 0 saturated heterocycles. The number of aromatic nitrogens is 1. The Kier molecular flexibility index (Phi) is 8.48. The number of fused-ring (bicyclic) bond motifs is 1. The quantitative estimate of drug-likeness (QED) is 0.177. The summed E-state index contributed by atoms with van der Waals surface area (Å²) in [4.78, 5) is 37.8. The van der Waals surface area contributed by atoms with Crippen LogP contribution < -0.4 is 16.4 Å². The van der Waals surface area contributed by atoms with Gasteiger partial charge in [0, 0.05) is 38.3 Å². The SMILES string of the molecule is NCC(=O)OCc1ccccc1C(=O)n1cc(NC(=O)Nc2ccc(SC(F)(F)F)cc2)c2cc(Cl)ccc21. The molecular formula is C26H20ClF3N4O4S. The van der Waals surface area contributed by atoms with E-state index < -0.39 is 23.4 Å². The predicted octanol–water partition coefficient (Wildman–Crippen LogP) is 6.24. The maximum Gasteiger partial charge on any atom is 0.446 e. The summed E-state index contributed by atoms with van der Waals surface area (Å²) in [6.45, 7) is -0.455. The minimum atomic E-state index is -4.42. The van der Waals surface area contributed by atoms with Gasteiger partial charge in [-0.25, -0.2) is 4.79 Å². The maximum absolute atomic E-state index is 13.6. The number of benzene rings is 3. The molecule has 0 fully saturated rings. The van der Waals surface area contributed by atoms with E-state index in [2.05, 4.69) is 10.6 Å². The molecular weight excluding hydrogens is 557 g/mol. The van der Waals surface area contributed by atoms with Crippen LogP contribution in [-0.2, 0) is 16.1 Å². The number of rotatable bonds is 7. The summed E-state index contributed by atoms with van der Waals surface area (Å²) in [6.07, 6.45) is 1.43. The number of hydrogen-bond donors (Lipinski definition) is 3. The van der Waals surface area contributed by atoms with Gasteiger partial charge in [-0.2, -0.15) is 13.2 Å². The highest BCUT2D eigenvalue weighted by molar-refractivity contribution is 8.00. The van der Waals surface area contributed by atoms with Crippen LogP contribution in [0.15, 0.2) is 77.8 Å². The number of amides is 2. The van der Waals surface area contributed by atoms with Crippen molar-refractivity contribution in [1.29, 1.82) is 0 Å². The molecule has 0 atom stereocenters. The third-order valence-electron chi connectivity index (χ3n) is 5.38. The van der Waals surface area contributed by atoms with Crippen molar-refractivity contribution in [2.24, 2.45) is 5.73 Å². The number of halogens is 4. The van der Waals surface area contributed by atoms with E-state index in [0.29, 0.717) is 21.5 Å². The Balaban J connectivity index is 1.58. The Morgan fingerprint density at radius 2 is 1.72 bits per heavy atom. The minimum Gasteiger partial charge on any atom is -0.460 e. The van der Waals surface area contributed by atoms with Crippen LogP contribution in [0.5, 0.6) is 0 Å². The molecule has 2 amide bonds. The Morgan fingerprint density at radius 1 is 1.00 bits per heavy atom. The highest BCUT2D eigenvalue weighted by Crippen LogP contribution is 2.37. The number of nitrogens with zero attached hydrogens (tertiary/aromatic N) is 1. The van der Waals surface area contributed by atoms with Crippen molar-refractivity contribution in [2.45, 2.75) is 17.0 Å². The predicted molar refractivity (Wildman–Crippen MR) is 143 cm³/mol. The number of thioether (sulfide) groups is 1. The summed E-state index contributed by atoms with van der Waals surface area (Å²) in [5.41, 5.74) is 2.55. The van der Waals surface area contributed by atoms with Gasteiger partial charge in [0.05, 0.1) is 17.7 Å². The molecule has 4 aromatic rings. The van der Waals surface area contributed by atoms with E-state index in [4.69, 9.17) is 22.1 Å². The Bertz CT molecular complexity index is 1540. The number of carbonyl (C=O) groups is 3. The number of nitrogens with one attached hydrogen (secondary N) is 2. The number of alkyl halides is 3. The molecule has 4 N–H and O–H groups in total. The fraction of sp³-hybridized carbons (Fsp3) is 0.115. The highest BCUT2D eigenvalue weighted by Gasteiger charge is 2.29. The third kappa shape index (κ3) is 7.11. The fourth-order valence-electron chi connectivity index (χ4n) is 3.70. The van der Waals surface area contributed by atoms with E-state index in [1.54, 1.807) is 42.5 Å². The van der Waals surface area contributed by atoms with Gasteiger partial charge >= 0.3 is 17.5 Å². The van der Waals surface area contributed by atoms with E-state index in [1.165, 1.54) is 35.0 Å². The summed E-state index contributed by atoms with van der Waals surface area (Å²) in [6, 6.07) is 15.8. The second-order valence-electron chi connectivity index (χ2n) is 8.05. The van der Waals surface area contributed by atoms with E-state index in [9.17, 15) is 27.6 Å². The summed E-state index contributed by atoms with van der Waals surface area (Å²) < 4.78 is 44.1. The molecule has 1 heterocycles. The molecule has 1 aromatic heterocycles. The Morgan fingerprint density at radius 3 is 2.41 bits per heavy atom. The van der Waals surface area contributed by atoms with Crippen LogP contribution in [0.3, 0.4) is 0 Å². The first-order valence-corrected chi connectivity index (χ1v) is 12.5. The molecule has 0 aliphatic carbocycles. The van der Waals surface area contributed by atoms with Gasteiger partial charge in [-0.15, -0.1) is 0 Å². The van der Waals surface area contributed by atoms with Crippen LogP contribution in [-0.4, -0.2) is 34.5 Å². The normalized spacial score (nSPS) is 11.3. The van der Waals surface area contributed by atoms with E-state index in [-0.39, 0.29) is 46.7 Å². The van der Waals surface area contributed by atoms with Crippen LogP contribution in [0.1, 0.15) is 15.9 Å². The van der Waals surface area contributed by atoms with Crippen molar-refractivity contribution in [3.8, 4) is 0 Å². The average molecular weight is 577 g/mol. The molecule has 202 valence electrons. The molecule has 0 saturated carbocycles. The molecule has 39 heavy (non-hydrogen) atoms. The molecule has 0 aliphatic heterocycles. The largest absolute Gasteiger partial charge is 0.460 e. The molecule has 0 radical (unpaired) electrons.